The second-order valence-electron chi connectivity index (χ2n) is 15.6. The molecular formula is C42H82NO7+. The Morgan fingerprint density at radius 3 is 1.24 bits per heavy atom. The summed E-state index contributed by atoms with van der Waals surface area (Å²) in [6.07, 6.45) is 32.8. The maximum absolute atomic E-state index is 12.7. The van der Waals surface area contributed by atoms with Crippen LogP contribution in [-0.4, -0.2) is 80.6 Å². The van der Waals surface area contributed by atoms with Crippen molar-refractivity contribution in [2.24, 2.45) is 0 Å². The second-order valence-corrected chi connectivity index (χ2v) is 15.6. The van der Waals surface area contributed by atoms with Crippen LogP contribution in [0.4, 0.5) is 0 Å². The van der Waals surface area contributed by atoms with Gasteiger partial charge in [-0.1, -0.05) is 168 Å². The molecule has 0 saturated carbocycles. The molecule has 0 aromatic heterocycles. The zero-order valence-corrected chi connectivity index (χ0v) is 33.6. The number of aliphatic carboxylic acids is 1. The van der Waals surface area contributed by atoms with Gasteiger partial charge in [0.2, 0.25) is 0 Å². The molecule has 0 aliphatic carbocycles. The summed E-state index contributed by atoms with van der Waals surface area (Å²) in [5, 5.41) is 9.59. The summed E-state index contributed by atoms with van der Waals surface area (Å²) in [5.41, 5.74) is 0. The van der Waals surface area contributed by atoms with E-state index >= 15 is 0 Å². The number of rotatable bonds is 38. The fraction of sp³-hybridized carbons (Fsp3) is 0.929. The lowest BCUT2D eigenvalue weighted by atomic mass is 10.0. The first-order valence-electron chi connectivity index (χ1n) is 21.1. The summed E-state index contributed by atoms with van der Waals surface area (Å²) in [5.74, 6) is -1.45. The van der Waals surface area contributed by atoms with E-state index in [0.717, 1.165) is 38.5 Å². The lowest BCUT2D eigenvalue weighted by Gasteiger charge is -2.31. The largest absolute Gasteiger partial charge is 0.477 e. The average molecular weight is 713 g/mol. The Bertz CT molecular complexity index is 797. The number of nitrogens with zero attached hydrogens (tertiary/aromatic N) is 1. The van der Waals surface area contributed by atoms with Crippen LogP contribution in [0.15, 0.2) is 0 Å². The van der Waals surface area contributed by atoms with Crippen molar-refractivity contribution in [1.29, 1.82) is 0 Å². The van der Waals surface area contributed by atoms with Crippen molar-refractivity contribution in [2.45, 2.75) is 212 Å². The first-order valence-corrected chi connectivity index (χ1v) is 21.1. The highest BCUT2D eigenvalue weighted by Crippen LogP contribution is 2.16. The Morgan fingerprint density at radius 1 is 0.520 bits per heavy atom. The molecule has 0 spiro atoms. The number of carbonyl (C=O) groups excluding carboxylic acids is 2. The van der Waals surface area contributed by atoms with Gasteiger partial charge in [0.25, 0.3) is 0 Å². The minimum Gasteiger partial charge on any atom is -0.477 e. The number of hydrogen-bond donors (Lipinski definition) is 1. The molecule has 0 aromatic rings. The number of likely N-dealkylation sites (N-methyl/N-ethyl adjacent to an activating group) is 1. The fourth-order valence-corrected chi connectivity index (χ4v) is 6.45. The van der Waals surface area contributed by atoms with Gasteiger partial charge in [-0.15, -0.1) is 0 Å². The van der Waals surface area contributed by atoms with Crippen LogP contribution in [0.2, 0.25) is 0 Å². The van der Waals surface area contributed by atoms with Crippen molar-refractivity contribution in [2.75, 3.05) is 41.0 Å². The molecule has 0 radical (unpaired) electrons. The molecule has 0 bridgehead atoms. The van der Waals surface area contributed by atoms with Gasteiger partial charge in [-0.05, 0) is 12.8 Å². The van der Waals surface area contributed by atoms with Gasteiger partial charge in [0.1, 0.15) is 6.61 Å². The number of carbonyl (C=O) groups is 3. The maximum Gasteiger partial charge on any atom is 0.362 e. The minimum atomic E-state index is -0.871. The third kappa shape index (κ3) is 32.3. The number of quaternary nitrogens is 1. The quantitative estimate of drug-likeness (QED) is 0.0386. The van der Waals surface area contributed by atoms with Crippen molar-refractivity contribution in [3.8, 4) is 0 Å². The van der Waals surface area contributed by atoms with E-state index < -0.39 is 18.1 Å². The summed E-state index contributed by atoms with van der Waals surface area (Å²) in [6.45, 7) is 4.75. The fourth-order valence-electron chi connectivity index (χ4n) is 6.45. The van der Waals surface area contributed by atoms with Gasteiger partial charge in [0.05, 0.1) is 34.4 Å². The minimum absolute atomic E-state index is 0.0427. The normalized spacial score (nSPS) is 12.9. The van der Waals surface area contributed by atoms with Gasteiger partial charge in [0.15, 0.2) is 12.1 Å². The number of ether oxygens (including phenoxy) is 3. The highest BCUT2D eigenvalue weighted by molar-refractivity contribution is 5.72. The van der Waals surface area contributed by atoms with E-state index in [9.17, 15) is 19.5 Å². The molecule has 0 rings (SSSR count). The Morgan fingerprint density at radius 2 is 0.880 bits per heavy atom. The van der Waals surface area contributed by atoms with Gasteiger partial charge in [0, 0.05) is 19.3 Å². The SMILES string of the molecule is CCCCCCCCCCCCCCCCCCC(=O)OC(COCCC(C(=O)O)[N+](C)(C)C)COC(=O)CCCCCCCCCCCC. The van der Waals surface area contributed by atoms with Crippen molar-refractivity contribution in [1.82, 2.24) is 0 Å². The smallest absolute Gasteiger partial charge is 0.362 e. The van der Waals surface area contributed by atoms with Crippen LogP contribution < -0.4 is 0 Å². The van der Waals surface area contributed by atoms with Crippen molar-refractivity contribution in [3.63, 3.8) is 0 Å². The molecule has 0 aromatic carbocycles. The highest BCUT2D eigenvalue weighted by Gasteiger charge is 2.31. The number of esters is 2. The molecule has 2 unspecified atom stereocenters. The highest BCUT2D eigenvalue weighted by atomic mass is 16.6. The van der Waals surface area contributed by atoms with E-state index in [1.54, 1.807) is 0 Å². The summed E-state index contributed by atoms with van der Waals surface area (Å²) in [4.78, 5) is 36.8. The third-order valence-electron chi connectivity index (χ3n) is 9.76. The molecule has 0 aliphatic heterocycles. The first-order chi connectivity index (χ1) is 24.1. The summed E-state index contributed by atoms with van der Waals surface area (Å²) < 4.78 is 17.2. The van der Waals surface area contributed by atoms with E-state index in [4.69, 9.17) is 14.2 Å². The van der Waals surface area contributed by atoms with E-state index in [-0.39, 0.29) is 36.2 Å². The molecule has 0 heterocycles. The molecule has 0 saturated heterocycles. The summed E-state index contributed by atoms with van der Waals surface area (Å²) >= 11 is 0. The number of unbranched alkanes of at least 4 members (excludes halogenated alkanes) is 24. The predicted molar refractivity (Wildman–Crippen MR) is 206 cm³/mol. The van der Waals surface area contributed by atoms with Crippen LogP contribution in [0.5, 0.6) is 0 Å². The number of carboxylic acid groups (broad SMARTS) is 1. The predicted octanol–water partition coefficient (Wildman–Crippen LogP) is 11.0. The Balaban J connectivity index is 4.31. The van der Waals surface area contributed by atoms with Crippen molar-refractivity contribution < 1.29 is 38.2 Å². The number of hydrogen-bond acceptors (Lipinski definition) is 6. The van der Waals surface area contributed by atoms with Gasteiger partial charge in [-0.2, -0.15) is 0 Å². The van der Waals surface area contributed by atoms with Crippen molar-refractivity contribution in [3.05, 3.63) is 0 Å². The molecule has 2 atom stereocenters. The van der Waals surface area contributed by atoms with Crippen LogP contribution in [0.3, 0.4) is 0 Å². The maximum atomic E-state index is 12.7. The molecule has 0 fully saturated rings. The van der Waals surface area contributed by atoms with Gasteiger partial charge in [-0.25, -0.2) is 4.79 Å². The third-order valence-corrected chi connectivity index (χ3v) is 9.76. The van der Waals surface area contributed by atoms with E-state index in [2.05, 4.69) is 13.8 Å². The summed E-state index contributed by atoms with van der Waals surface area (Å²) in [6, 6.07) is -0.607. The zero-order valence-electron chi connectivity index (χ0n) is 33.6. The molecule has 0 aliphatic rings. The average Bonchev–Trinajstić information content (AvgIpc) is 3.06. The lowest BCUT2D eigenvalue weighted by molar-refractivity contribution is -0.887. The Kier molecular flexibility index (Phi) is 33.3. The number of carboxylic acids is 1. The topological polar surface area (TPSA) is 99.1 Å². The van der Waals surface area contributed by atoms with Crippen LogP contribution in [0.1, 0.15) is 200 Å². The standard InChI is InChI=1S/C42H81NO7/c1-6-8-10-12-14-16-18-19-20-21-22-23-25-27-29-31-33-41(45)50-38(36-48-35-34-39(42(46)47)43(3,4)5)37-49-40(44)32-30-28-26-24-17-15-13-11-9-7-2/h38-39H,6-37H2,1-5H3/p+1. The second kappa shape index (κ2) is 34.4. The molecule has 8 nitrogen and oxygen atoms in total. The first kappa shape index (κ1) is 48.3. The lowest BCUT2D eigenvalue weighted by Crippen LogP contribution is -2.50. The van der Waals surface area contributed by atoms with Crippen LogP contribution in [-0.2, 0) is 28.6 Å². The molecule has 50 heavy (non-hydrogen) atoms. The summed E-state index contributed by atoms with van der Waals surface area (Å²) in [7, 11) is 5.53. The monoisotopic (exact) mass is 713 g/mol. The van der Waals surface area contributed by atoms with E-state index in [1.165, 1.54) is 128 Å². The molecular weight excluding hydrogens is 630 g/mol. The van der Waals surface area contributed by atoms with Crippen LogP contribution >= 0.6 is 0 Å². The van der Waals surface area contributed by atoms with Gasteiger partial charge < -0.3 is 23.8 Å². The Labute approximate surface area is 308 Å². The molecule has 0 amide bonds. The van der Waals surface area contributed by atoms with Crippen molar-refractivity contribution >= 4 is 17.9 Å². The zero-order chi connectivity index (χ0) is 37.1. The molecule has 8 heteroatoms. The van der Waals surface area contributed by atoms with E-state index in [0.29, 0.717) is 19.3 Å². The molecule has 296 valence electrons. The van der Waals surface area contributed by atoms with Crippen LogP contribution in [0.25, 0.3) is 0 Å². The molecule has 1 N–H and O–H groups in total. The van der Waals surface area contributed by atoms with Crippen LogP contribution in [0, 0.1) is 0 Å². The van der Waals surface area contributed by atoms with E-state index in [1.807, 2.05) is 21.1 Å². The Hall–Kier alpha value is -1.67. The van der Waals surface area contributed by atoms with Gasteiger partial charge in [-0.3, -0.25) is 9.59 Å². The van der Waals surface area contributed by atoms with Gasteiger partial charge >= 0.3 is 17.9 Å².